The molecule has 0 spiro atoms. The van der Waals surface area contributed by atoms with Crippen molar-refractivity contribution in [3.8, 4) is 0 Å². The normalized spacial score (nSPS) is 14.7. The largest absolute Gasteiger partial charge is 0.356 e. The van der Waals surface area contributed by atoms with E-state index in [1.54, 1.807) is 0 Å². The van der Waals surface area contributed by atoms with Gasteiger partial charge in [-0.05, 0) is 54.6 Å². The van der Waals surface area contributed by atoms with Crippen molar-refractivity contribution in [2.45, 2.75) is 130 Å². The zero-order chi connectivity index (χ0) is 38.6. The standard InChI is InChI=1S/C41H64N6O5/c1-8-29(7)39(41(52)44-32(9-2)10-3)47-37(50)25-33(42)34(23-30-17-13-11-14-18-30)45-40(51)38(27(4)5)46-35(48)22-21-28(6)26-43-36(49)24-31-19-15-12-16-20-31/h11-20,27-29,32-34,38-39H,8-10,21-26,42H2,1-7H3,(H,43,49)(H,44,52)(H,45,51)(H,46,48)(H,47,50)/t28-,29-,33-,34-,38-,39-/m0/s1. The predicted octanol–water partition coefficient (Wildman–Crippen LogP) is 4.18. The minimum Gasteiger partial charge on any atom is -0.356 e. The molecule has 0 aromatic heterocycles. The topological polar surface area (TPSA) is 172 Å². The van der Waals surface area contributed by atoms with Gasteiger partial charge in [0, 0.05) is 37.5 Å². The summed E-state index contributed by atoms with van der Waals surface area (Å²) in [6.07, 6.45) is 3.58. The first-order valence-electron chi connectivity index (χ1n) is 19.1. The summed E-state index contributed by atoms with van der Waals surface area (Å²) >= 11 is 0. The Labute approximate surface area is 311 Å². The van der Waals surface area contributed by atoms with E-state index in [-0.39, 0.29) is 66.2 Å². The number of hydrogen-bond acceptors (Lipinski definition) is 6. The van der Waals surface area contributed by atoms with Crippen LogP contribution in [0.4, 0.5) is 0 Å². The predicted molar refractivity (Wildman–Crippen MR) is 207 cm³/mol. The van der Waals surface area contributed by atoms with Crippen LogP contribution in [0.25, 0.3) is 0 Å². The second-order valence-electron chi connectivity index (χ2n) is 14.5. The van der Waals surface area contributed by atoms with Crippen molar-refractivity contribution < 1.29 is 24.0 Å². The van der Waals surface area contributed by atoms with Crippen LogP contribution in [0.2, 0.25) is 0 Å². The van der Waals surface area contributed by atoms with Crippen molar-refractivity contribution in [1.29, 1.82) is 0 Å². The molecule has 11 nitrogen and oxygen atoms in total. The van der Waals surface area contributed by atoms with Crippen molar-refractivity contribution in [1.82, 2.24) is 26.6 Å². The van der Waals surface area contributed by atoms with Crippen molar-refractivity contribution in [3.05, 3.63) is 71.8 Å². The van der Waals surface area contributed by atoms with Crippen molar-refractivity contribution in [2.24, 2.45) is 23.5 Å². The van der Waals surface area contributed by atoms with Gasteiger partial charge in [-0.2, -0.15) is 0 Å². The number of carbonyl (C=O) groups is 5. The number of rotatable bonds is 23. The highest BCUT2D eigenvalue weighted by atomic mass is 16.2. The fraction of sp³-hybridized carbons (Fsp3) is 0.585. The van der Waals surface area contributed by atoms with E-state index in [0.29, 0.717) is 32.2 Å². The Balaban J connectivity index is 2.04. The molecule has 7 N–H and O–H groups in total. The van der Waals surface area contributed by atoms with E-state index in [1.165, 1.54) is 0 Å². The molecule has 6 atom stereocenters. The van der Waals surface area contributed by atoms with E-state index in [2.05, 4.69) is 26.6 Å². The first-order valence-corrected chi connectivity index (χ1v) is 19.1. The summed E-state index contributed by atoms with van der Waals surface area (Å²) in [4.78, 5) is 65.7. The van der Waals surface area contributed by atoms with Gasteiger partial charge in [0.2, 0.25) is 29.5 Å². The van der Waals surface area contributed by atoms with Crippen LogP contribution >= 0.6 is 0 Å². The molecule has 2 aromatic carbocycles. The van der Waals surface area contributed by atoms with E-state index < -0.39 is 24.2 Å². The van der Waals surface area contributed by atoms with Gasteiger partial charge < -0.3 is 32.3 Å². The molecule has 0 unspecified atom stereocenters. The van der Waals surface area contributed by atoms with E-state index in [4.69, 9.17) is 5.73 Å². The maximum absolute atomic E-state index is 13.7. The van der Waals surface area contributed by atoms with E-state index >= 15 is 0 Å². The fourth-order valence-corrected chi connectivity index (χ4v) is 5.92. The summed E-state index contributed by atoms with van der Waals surface area (Å²) in [6.45, 7) is 14.1. The molecule has 5 amide bonds. The maximum Gasteiger partial charge on any atom is 0.243 e. The average Bonchev–Trinajstić information content (AvgIpc) is 3.13. The lowest BCUT2D eigenvalue weighted by Crippen LogP contribution is -2.58. The number of carbonyl (C=O) groups excluding carboxylic acids is 5. The van der Waals surface area contributed by atoms with E-state index in [0.717, 1.165) is 24.0 Å². The third kappa shape index (κ3) is 16.0. The minimum absolute atomic E-state index is 0.0271. The SMILES string of the molecule is CCC(CC)NC(=O)[C@@H](NC(=O)C[C@H](N)[C@H](Cc1ccccc1)NC(=O)[C@@H](NC(=O)CC[C@H](C)CNC(=O)Cc1ccccc1)C(C)C)[C@@H](C)CC. The maximum atomic E-state index is 13.7. The summed E-state index contributed by atoms with van der Waals surface area (Å²) in [5, 5.41) is 14.8. The van der Waals surface area contributed by atoms with Gasteiger partial charge in [-0.3, -0.25) is 24.0 Å². The Morgan fingerprint density at radius 1 is 0.654 bits per heavy atom. The Morgan fingerprint density at radius 3 is 1.77 bits per heavy atom. The van der Waals surface area contributed by atoms with Gasteiger partial charge in [0.1, 0.15) is 12.1 Å². The molecule has 0 saturated heterocycles. The van der Waals surface area contributed by atoms with Crippen LogP contribution in [0, 0.1) is 17.8 Å². The summed E-state index contributed by atoms with van der Waals surface area (Å²) < 4.78 is 0. The quantitative estimate of drug-likeness (QED) is 0.101. The monoisotopic (exact) mass is 720 g/mol. The molecule has 288 valence electrons. The molecule has 52 heavy (non-hydrogen) atoms. The number of benzene rings is 2. The van der Waals surface area contributed by atoms with Gasteiger partial charge in [0.05, 0.1) is 6.42 Å². The van der Waals surface area contributed by atoms with Gasteiger partial charge in [-0.15, -0.1) is 0 Å². The zero-order valence-electron chi connectivity index (χ0n) is 32.4. The summed E-state index contributed by atoms with van der Waals surface area (Å²) in [5.41, 5.74) is 8.53. The molecule has 2 rings (SSSR count). The second-order valence-corrected chi connectivity index (χ2v) is 14.5. The molecular formula is C41H64N6O5. The summed E-state index contributed by atoms with van der Waals surface area (Å²) in [7, 11) is 0. The van der Waals surface area contributed by atoms with Crippen LogP contribution < -0.4 is 32.3 Å². The van der Waals surface area contributed by atoms with Gasteiger partial charge >= 0.3 is 0 Å². The molecule has 2 aromatic rings. The van der Waals surface area contributed by atoms with Gasteiger partial charge in [0.15, 0.2) is 0 Å². The lowest BCUT2D eigenvalue weighted by atomic mass is 9.94. The Hall–Kier alpha value is -4.25. The number of amides is 5. The van der Waals surface area contributed by atoms with E-state index in [1.807, 2.05) is 109 Å². The highest BCUT2D eigenvalue weighted by molar-refractivity contribution is 5.89. The number of hydrogen-bond donors (Lipinski definition) is 6. The van der Waals surface area contributed by atoms with Gasteiger partial charge in [0.25, 0.3) is 0 Å². The Kier molecular flexibility index (Phi) is 19.7. The van der Waals surface area contributed by atoms with Crippen molar-refractivity contribution in [3.63, 3.8) is 0 Å². The van der Waals surface area contributed by atoms with E-state index in [9.17, 15) is 24.0 Å². The first kappa shape index (κ1) is 43.9. The molecule has 0 aliphatic carbocycles. The molecule has 0 aliphatic heterocycles. The van der Waals surface area contributed by atoms with Gasteiger partial charge in [-0.1, -0.05) is 116 Å². The van der Waals surface area contributed by atoms with Crippen LogP contribution in [-0.4, -0.2) is 66.3 Å². The average molecular weight is 721 g/mol. The molecular weight excluding hydrogens is 656 g/mol. The highest BCUT2D eigenvalue weighted by Crippen LogP contribution is 2.14. The molecule has 0 aliphatic rings. The lowest BCUT2D eigenvalue weighted by Gasteiger charge is -2.30. The fourth-order valence-electron chi connectivity index (χ4n) is 5.92. The first-order chi connectivity index (χ1) is 24.8. The minimum atomic E-state index is -0.823. The third-order valence-electron chi connectivity index (χ3n) is 9.69. The summed E-state index contributed by atoms with van der Waals surface area (Å²) in [6, 6.07) is 16.2. The van der Waals surface area contributed by atoms with Crippen LogP contribution in [-0.2, 0) is 36.8 Å². The lowest BCUT2D eigenvalue weighted by molar-refractivity contribution is -0.131. The smallest absolute Gasteiger partial charge is 0.243 e. The van der Waals surface area contributed by atoms with Crippen molar-refractivity contribution >= 4 is 29.5 Å². The third-order valence-corrected chi connectivity index (χ3v) is 9.69. The Bertz CT molecular complexity index is 1380. The Morgan fingerprint density at radius 2 is 1.21 bits per heavy atom. The molecule has 0 heterocycles. The van der Waals surface area contributed by atoms with Crippen LogP contribution in [0.5, 0.6) is 0 Å². The molecule has 0 fully saturated rings. The van der Waals surface area contributed by atoms with Crippen LogP contribution in [0.3, 0.4) is 0 Å². The molecule has 11 heteroatoms. The molecule has 0 saturated carbocycles. The number of nitrogens with two attached hydrogens (primary N) is 1. The molecule has 0 bridgehead atoms. The zero-order valence-corrected chi connectivity index (χ0v) is 32.4. The summed E-state index contributed by atoms with van der Waals surface area (Å²) in [5.74, 6) is -1.56. The van der Waals surface area contributed by atoms with Crippen LogP contribution in [0.1, 0.15) is 98.1 Å². The number of nitrogens with one attached hydrogen (secondary N) is 5. The molecule has 0 radical (unpaired) electrons. The second kappa shape index (κ2) is 23.3. The highest BCUT2D eigenvalue weighted by Gasteiger charge is 2.32. The van der Waals surface area contributed by atoms with Crippen molar-refractivity contribution in [2.75, 3.05) is 6.54 Å². The van der Waals surface area contributed by atoms with Crippen LogP contribution in [0.15, 0.2) is 60.7 Å². The van der Waals surface area contributed by atoms with Gasteiger partial charge in [-0.25, -0.2) is 0 Å².